The molecule has 0 unspecified atom stereocenters. The third-order valence-corrected chi connectivity index (χ3v) is 4.03. The molecule has 0 aromatic heterocycles. The maximum absolute atomic E-state index is 10.3. The van der Waals surface area contributed by atoms with E-state index in [0.29, 0.717) is 12.8 Å². The number of unbranched alkanes of at least 4 members (excludes halogenated alkanes) is 13. The molecule has 0 amide bonds. The first-order chi connectivity index (χ1) is 10.6. The van der Waals surface area contributed by atoms with E-state index in [4.69, 9.17) is 10.2 Å². The molecule has 5 heteroatoms. The first-order valence-corrected chi connectivity index (χ1v) is 9.06. The van der Waals surface area contributed by atoms with Crippen LogP contribution in [0.25, 0.3) is 0 Å². The van der Waals surface area contributed by atoms with E-state index in [1.54, 1.807) is 0 Å². The Morgan fingerprint density at radius 1 is 0.435 bits per heavy atom. The van der Waals surface area contributed by atoms with Crippen LogP contribution < -0.4 is 0 Å². The van der Waals surface area contributed by atoms with Gasteiger partial charge in [-0.15, -0.1) is 0 Å². The number of carboxylic acids is 2. The summed E-state index contributed by atoms with van der Waals surface area (Å²) in [7, 11) is 0. The van der Waals surface area contributed by atoms with E-state index in [-0.39, 0.29) is 48.9 Å². The van der Waals surface area contributed by atoms with Crippen molar-refractivity contribution in [2.24, 2.45) is 0 Å². The minimum absolute atomic E-state index is 0. The Bertz CT molecular complexity index is 254. The summed E-state index contributed by atoms with van der Waals surface area (Å²) in [6, 6.07) is 0. The first-order valence-electron chi connectivity index (χ1n) is 9.06. The van der Waals surface area contributed by atoms with Crippen molar-refractivity contribution in [3.8, 4) is 0 Å². The summed E-state index contributed by atoms with van der Waals surface area (Å²) in [6.45, 7) is 0. The predicted molar refractivity (Wildman–Crippen MR) is 97.7 cm³/mol. The molecule has 0 spiro atoms. The summed E-state index contributed by atoms with van der Waals surface area (Å²) in [5.41, 5.74) is 0. The number of hydrogen-bond donors (Lipinski definition) is 2. The Kier molecular flexibility index (Phi) is 23.0. The van der Waals surface area contributed by atoms with Crippen LogP contribution in [0.1, 0.15) is 103 Å². The maximum atomic E-state index is 10.3. The van der Waals surface area contributed by atoms with Gasteiger partial charge in [-0.2, -0.15) is 0 Å². The normalized spacial score (nSPS) is 10.3. The molecule has 0 bridgehead atoms. The summed E-state index contributed by atoms with van der Waals surface area (Å²) in [5.74, 6) is -1.36. The Morgan fingerprint density at radius 3 is 0.783 bits per heavy atom. The van der Waals surface area contributed by atoms with Crippen LogP contribution >= 0.6 is 0 Å². The van der Waals surface area contributed by atoms with Gasteiger partial charge in [0, 0.05) is 12.8 Å². The molecule has 0 fully saturated rings. The summed E-state index contributed by atoms with van der Waals surface area (Å²) in [5, 5.41) is 17.0. The van der Waals surface area contributed by atoms with Gasteiger partial charge in [0.2, 0.25) is 0 Å². The molecule has 134 valence electrons. The molecule has 4 nitrogen and oxygen atoms in total. The summed E-state index contributed by atoms with van der Waals surface area (Å²) in [4.78, 5) is 20.7. The molecule has 0 saturated carbocycles. The van der Waals surface area contributed by atoms with E-state index in [0.717, 1.165) is 25.7 Å². The molecule has 0 radical (unpaired) electrons. The first kappa shape index (κ1) is 25.7. The van der Waals surface area contributed by atoms with E-state index in [1.165, 1.54) is 64.2 Å². The fourth-order valence-electron chi connectivity index (χ4n) is 2.67. The fourth-order valence-corrected chi connectivity index (χ4v) is 2.67. The number of carboxylic acid groups (broad SMARTS) is 2. The topological polar surface area (TPSA) is 74.6 Å². The Hall–Kier alpha value is 0.511. The van der Waals surface area contributed by atoms with Crippen LogP contribution in [-0.4, -0.2) is 71.0 Å². The van der Waals surface area contributed by atoms with Gasteiger partial charge in [-0.1, -0.05) is 77.0 Å². The third kappa shape index (κ3) is 24.9. The fraction of sp³-hybridized carbons (Fsp3) is 0.889. The molecule has 0 aliphatic rings. The molecule has 0 rings (SSSR count). The molecule has 0 aromatic rings. The van der Waals surface area contributed by atoms with E-state index in [2.05, 4.69) is 0 Å². The summed E-state index contributed by atoms with van der Waals surface area (Å²) in [6.07, 6.45) is 17.0. The van der Waals surface area contributed by atoms with Gasteiger partial charge in [-0.25, -0.2) is 0 Å². The molecule has 2 N–H and O–H groups in total. The minimum atomic E-state index is -0.679. The quantitative estimate of drug-likeness (QED) is 0.251. The second-order valence-corrected chi connectivity index (χ2v) is 6.24. The van der Waals surface area contributed by atoms with Gasteiger partial charge in [0.15, 0.2) is 0 Å². The summed E-state index contributed by atoms with van der Waals surface area (Å²) < 4.78 is 0. The second kappa shape index (κ2) is 20.6. The van der Waals surface area contributed by atoms with Crippen LogP contribution in [0.3, 0.4) is 0 Å². The number of hydrogen-bond acceptors (Lipinski definition) is 2. The molecular weight excluding hydrogens is 418 g/mol. The standard InChI is InChI=1S/C18H34O4.Ba.2H/c19-17(20)15-13-11-9-7-5-3-1-2-4-6-8-10-12-14-16-18(21)22;;;/h1-16H2,(H,19,20)(H,21,22);;;. The van der Waals surface area contributed by atoms with Crippen LogP contribution in [-0.2, 0) is 9.59 Å². The van der Waals surface area contributed by atoms with Crippen LogP contribution in [0.5, 0.6) is 0 Å². The number of rotatable bonds is 17. The van der Waals surface area contributed by atoms with Crippen molar-refractivity contribution < 1.29 is 19.8 Å². The number of aliphatic carboxylic acids is 2. The Balaban J connectivity index is 0. The Labute approximate surface area is 181 Å². The van der Waals surface area contributed by atoms with Crippen molar-refractivity contribution in [3.05, 3.63) is 0 Å². The van der Waals surface area contributed by atoms with Crippen LogP contribution in [0.4, 0.5) is 0 Å². The summed E-state index contributed by atoms with van der Waals surface area (Å²) >= 11 is 0. The van der Waals surface area contributed by atoms with E-state index in [9.17, 15) is 9.59 Å². The van der Waals surface area contributed by atoms with Gasteiger partial charge in [0.25, 0.3) is 0 Å². The van der Waals surface area contributed by atoms with Gasteiger partial charge in [-0.05, 0) is 12.8 Å². The van der Waals surface area contributed by atoms with Gasteiger partial charge >= 0.3 is 60.8 Å². The van der Waals surface area contributed by atoms with E-state index >= 15 is 0 Å². The molecule has 23 heavy (non-hydrogen) atoms. The molecule has 0 saturated heterocycles. The average Bonchev–Trinajstić information content (AvgIpc) is 2.46. The van der Waals surface area contributed by atoms with E-state index in [1.807, 2.05) is 0 Å². The monoisotopic (exact) mass is 454 g/mol. The molecule has 0 aliphatic carbocycles. The zero-order valence-corrected chi connectivity index (χ0v) is 14.0. The van der Waals surface area contributed by atoms with Gasteiger partial charge in [0.05, 0.1) is 0 Å². The molecule has 0 atom stereocenters. The van der Waals surface area contributed by atoms with Crippen molar-refractivity contribution in [1.29, 1.82) is 0 Å². The second-order valence-electron chi connectivity index (χ2n) is 6.24. The average molecular weight is 454 g/mol. The molecule has 0 aromatic carbocycles. The van der Waals surface area contributed by atoms with Gasteiger partial charge < -0.3 is 10.2 Å². The third-order valence-electron chi connectivity index (χ3n) is 4.03. The zero-order valence-electron chi connectivity index (χ0n) is 14.0. The van der Waals surface area contributed by atoms with E-state index < -0.39 is 11.9 Å². The predicted octanol–water partition coefficient (Wildman–Crippen LogP) is 4.48. The van der Waals surface area contributed by atoms with Crippen LogP contribution in [0, 0.1) is 0 Å². The van der Waals surface area contributed by atoms with Crippen molar-refractivity contribution >= 4 is 60.8 Å². The van der Waals surface area contributed by atoms with Crippen molar-refractivity contribution in [2.45, 2.75) is 103 Å². The molecular formula is C18H36BaO4. The molecule has 0 aliphatic heterocycles. The van der Waals surface area contributed by atoms with Crippen molar-refractivity contribution in [2.75, 3.05) is 0 Å². The van der Waals surface area contributed by atoms with Gasteiger partial charge in [-0.3, -0.25) is 9.59 Å². The number of carbonyl (C=O) groups is 2. The van der Waals surface area contributed by atoms with Crippen LogP contribution in [0.2, 0.25) is 0 Å². The Morgan fingerprint density at radius 2 is 0.609 bits per heavy atom. The molecule has 0 heterocycles. The van der Waals surface area contributed by atoms with Gasteiger partial charge in [0.1, 0.15) is 0 Å². The van der Waals surface area contributed by atoms with Crippen LogP contribution in [0.15, 0.2) is 0 Å². The SMILES string of the molecule is O=C(O)CCCCCCCCCCCCCCCCC(=O)O.[BaH2]. The van der Waals surface area contributed by atoms with Crippen molar-refractivity contribution in [1.82, 2.24) is 0 Å². The zero-order chi connectivity index (χ0) is 16.5. The van der Waals surface area contributed by atoms with Crippen molar-refractivity contribution in [3.63, 3.8) is 0 Å².